The van der Waals surface area contributed by atoms with Crippen molar-refractivity contribution in [3.8, 4) is 0 Å². The van der Waals surface area contributed by atoms with Gasteiger partial charge in [0.15, 0.2) is 0 Å². The summed E-state index contributed by atoms with van der Waals surface area (Å²) in [7, 11) is 0. The van der Waals surface area contributed by atoms with Crippen LogP contribution in [0, 0.1) is 5.92 Å². The number of hydrogen-bond acceptors (Lipinski definition) is 3. The number of nitrogens with one attached hydrogen (secondary N) is 1. The van der Waals surface area contributed by atoms with Gasteiger partial charge in [-0.2, -0.15) is 0 Å². The number of rotatable bonds is 4. The summed E-state index contributed by atoms with van der Waals surface area (Å²) in [4.78, 5) is 19.2. The van der Waals surface area contributed by atoms with Gasteiger partial charge < -0.3 is 10.2 Å². The van der Waals surface area contributed by atoms with Crippen LogP contribution < -0.4 is 5.32 Å². The molecule has 1 atom stereocenters. The molecule has 0 aromatic carbocycles. The molecule has 1 aromatic heterocycles. The highest BCUT2D eigenvalue weighted by atomic mass is 16.2. The molecule has 2 heterocycles. The van der Waals surface area contributed by atoms with Crippen LogP contribution in [0.15, 0.2) is 18.5 Å². The Labute approximate surface area is 126 Å². The van der Waals surface area contributed by atoms with Crippen molar-refractivity contribution in [2.75, 3.05) is 18.4 Å². The maximum Gasteiger partial charge on any atom is 0.256 e. The number of hydrogen-bond donors (Lipinski definition) is 1. The Morgan fingerprint density at radius 3 is 2.90 bits per heavy atom. The van der Waals surface area contributed by atoms with Crippen molar-refractivity contribution >= 4 is 11.6 Å². The molecule has 1 aliphatic carbocycles. The second-order valence-electron chi connectivity index (χ2n) is 6.20. The molecule has 4 heteroatoms. The van der Waals surface area contributed by atoms with Gasteiger partial charge in [-0.05, 0) is 44.6 Å². The lowest BCUT2D eigenvalue weighted by atomic mass is 9.95. The van der Waals surface area contributed by atoms with E-state index in [1.54, 1.807) is 12.4 Å². The SMILES string of the molecule is CCNc1cnccc1C(=O)N1CCCC1C1CCCC1. The summed E-state index contributed by atoms with van der Waals surface area (Å²) < 4.78 is 0. The van der Waals surface area contributed by atoms with Gasteiger partial charge >= 0.3 is 0 Å². The lowest BCUT2D eigenvalue weighted by Gasteiger charge is -2.30. The third kappa shape index (κ3) is 2.89. The van der Waals surface area contributed by atoms with E-state index in [0.29, 0.717) is 6.04 Å². The first kappa shape index (κ1) is 14.4. The van der Waals surface area contributed by atoms with Gasteiger partial charge in [-0.25, -0.2) is 0 Å². The molecule has 4 nitrogen and oxygen atoms in total. The average molecular weight is 287 g/mol. The van der Waals surface area contributed by atoms with Gasteiger partial charge in [0.05, 0.1) is 17.4 Å². The van der Waals surface area contributed by atoms with Crippen molar-refractivity contribution in [3.63, 3.8) is 0 Å². The molecule has 1 aliphatic heterocycles. The number of aromatic nitrogens is 1. The van der Waals surface area contributed by atoms with Gasteiger partial charge in [0, 0.05) is 25.3 Å². The quantitative estimate of drug-likeness (QED) is 0.924. The molecule has 2 aliphatic rings. The number of pyridine rings is 1. The van der Waals surface area contributed by atoms with Crippen molar-refractivity contribution in [3.05, 3.63) is 24.0 Å². The predicted octanol–water partition coefficient (Wildman–Crippen LogP) is 3.31. The number of anilines is 1. The second kappa shape index (κ2) is 6.46. The van der Waals surface area contributed by atoms with Gasteiger partial charge in [0.25, 0.3) is 5.91 Å². The Kier molecular flexibility index (Phi) is 4.42. The maximum absolute atomic E-state index is 13.0. The Morgan fingerprint density at radius 1 is 1.33 bits per heavy atom. The largest absolute Gasteiger partial charge is 0.383 e. The van der Waals surface area contributed by atoms with E-state index >= 15 is 0 Å². The van der Waals surface area contributed by atoms with Crippen molar-refractivity contribution in [1.82, 2.24) is 9.88 Å². The van der Waals surface area contributed by atoms with Gasteiger partial charge in [0.2, 0.25) is 0 Å². The van der Waals surface area contributed by atoms with Crippen LogP contribution in [-0.4, -0.2) is 34.9 Å². The van der Waals surface area contributed by atoms with Gasteiger partial charge in [-0.3, -0.25) is 9.78 Å². The smallest absolute Gasteiger partial charge is 0.256 e. The summed E-state index contributed by atoms with van der Waals surface area (Å²) in [5, 5.41) is 3.25. The van der Waals surface area contributed by atoms with Crippen molar-refractivity contribution in [2.24, 2.45) is 5.92 Å². The van der Waals surface area contributed by atoms with E-state index in [0.717, 1.165) is 36.7 Å². The Bertz CT molecular complexity index is 497. The molecule has 1 saturated heterocycles. The molecule has 1 unspecified atom stereocenters. The van der Waals surface area contributed by atoms with Gasteiger partial charge in [-0.1, -0.05) is 12.8 Å². The third-order valence-corrected chi connectivity index (χ3v) is 4.92. The summed E-state index contributed by atoms with van der Waals surface area (Å²) >= 11 is 0. The van der Waals surface area contributed by atoms with Crippen molar-refractivity contribution < 1.29 is 4.79 Å². The third-order valence-electron chi connectivity index (χ3n) is 4.92. The minimum Gasteiger partial charge on any atom is -0.383 e. The number of carbonyl (C=O) groups excluding carboxylic acids is 1. The Hall–Kier alpha value is -1.58. The van der Waals surface area contributed by atoms with Crippen LogP contribution in [-0.2, 0) is 0 Å². The first-order chi connectivity index (χ1) is 10.3. The van der Waals surface area contributed by atoms with E-state index < -0.39 is 0 Å². The fourth-order valence-electron chi connectivity index (χ4n) is 3.94. The van der Waals surface area contributed by atoms with E-state index in [9.17, 15) is 4.79 Å². The first-order valence-corrected chi connectivity index (χ1v) is 8.30. The van der Waals surface area contributed by atoms with E-state index in [1.165, 1.54) is 32.1 Å². The van der Waals surface area contributed by atoms with Gasteiger partial charge in [0.1, 0.15) is 0 Å². The molecule has 1 aromatic rings. The topological polar surface area (TPSA) is 45.2 Å². The van der Waals surface area contributed by atoms with E-state index in [1.807, 2.05) is 13.0 Å². The van der Waals surface area contributed by atoms with Crippen LogP contribution in [0.25, 0.3) is 0 Å². The number of likely N-dealkylation sites (tertiary alicyclic amines) is 1. The minimum absolute atomic E-state index is 0.183. The second-order valence-corrected chi connectivity index (χ2v) is 6.20. The van der Waals surface area contributed by atoms with Crippen LogP contribution in [0.1, 0.15) is 55.8 Å². The molecule has 114 valence electrons. The van der Waals surface area contributed by atoms with Crippen molar-refractivity contribution in [2.45, 2.75) is 51.5 Å². The highest BCUT2D eigenvalue weighted by Gasteiger charge is 2.36. The van der Waals surface area contributed by atoms with Crippen LogP contribution in [0.3, 0.4) is 0 Å². The molecule has 1 amide bonds. The van der Waals surface area contributed by atoms with Crippen LogP contribution >= 0.6 is 0 Å². The minimum atomic E-state index is 0.183. The standard InChI is InChI=1S/C17H25N3O/c1-2-19-15-12-18-10-9-14(15)17(21)20-11-5-8-16(20)13-6-3-4-7-13/h9-10,12-13,16,19H,2-8,11H2,1H3. The van der Waals surface area contributed by atoms with E-state index in [4.69, 9.17) is 0 Å². The van der Waals surface area contributed by atoms with E-state index in [-0.39, 0.29) is 5.91 Å². The Morgan fingerprint density at radius 2 is 2.14 bits per heavy atom. The summed E-state index contributed by atoms with van der Waals surface area (Å²) in [6.45, 7) is 3.75. The van der Waals surface area contributed by atoms with Crippen molar-refractivity contribution in [1.29, 1.82) is 0 Å². The van der Waals surface area contributed by atoms with E-state index in [2.05, 4.69) is 15.2 Å². The first-order valence-electron chi connectivity index (χ1n) is 8.30. The Balaban J connectivity index is 1.80. The average Bonchev–Trinajstić information content (AvgIpc) is 3.18. The molecule has 0 radical (unpaired) electrons. The monoisotopic (exact) mass is 287 g/mol. The zero-order valence-electron chi connectivity index (χ0n) is 12.8. The molecule has 3 rings (SSSR count). The molecular formula is C17H25N3O. The summed E-state index contributed by atoms with van der Waals surface area (Å²) in [5.41, 5.74) is 1.64. The number of carbonyl (C=O) groups is 1. The van der Waals surface area contributed by atoms with Gasteiger partial charge in [-0.15, -0.1) is 0 Å². The zero-order chi connectivity index (χ0) is 14.7. The molecule has 1 saturated carbocycles. The molecule has 21 heavy (non-hydrogen) atoms. The summed E-state index contributed by atoms with van der Waals surface area (Å²) in [6, 6.07) is 2.31. The number of nitrogens with zero attached hydrogens (tertiary/aromatic N) is 2. The zero-order valence-corrected chi connectivity index (χ0v) is 12.8. The fourth-order valence-corrected chi connectivity index (χ4v) is 3.94. The number of amides is 1. The molecule has 1 N–H and O–H groups in total. The lowest BCUT2D eigenvalue weighted by Crippen LogP contribution is -2.39. The molecule has 0 bridgehead atoms. The summed E-state index contributed by atoms with van der Waals surface area (Å²) in [6.07, 6.45) is 11.1. The molecule has 0 spiro atoms. The normalized spacial score (nSPS) is 22.7. The highest BCUT2D eigenvalue weighted by Crippen LogP contribution is 2.36. The summed E-state index contributed by atoms with van der Waals surface area (Å²) in [5.74, 6) is 0.906. The predicted molar refractivity (Wildman–Crippen MR) is 84.4 cm³/mol. The molecular weight excluding hydrogens is 262 g/mol. The van der Waals surface area contributed by atoms with Crippen LogP contribution in [0.5, 0.6) is 0 Å². The van der Waals surface area contributed by atoms with Crippen LogP contribution in [0.4, 0.5) is 5.69 Å². The molecule has 2 fully saturated rings. The fraction of sp³-hybridized carbons (Fsp3) is 0.647. The van der Waals surface area contributed by atoms with Crippen LogP contribution in [0.2, 0.25) is 0 Å². The lowest BCUT2D eigenvalue weighted by molar-refractivity contribution is 0.0690. The highest BCUT2D eigenvalue weighted by molar-refractivity contribution is 5.99. The maximum atomic E-state index is 13.0.